The van der Waals surface area contributed by atoms with Crippen molar-refractivity contribution in [2.45, 2.75) is 115 Å². The molecular weight excluding hydrogens is 545 g/mol. The van der Waals surface area contributed by atoms with Crippen molar-refractivity contribution < 1.29 is 38.1 Å². The third kappa shape index (κ3) is 14.1. The minimum atomic E-state index is -1.21. The molecule has 0 spiro atoms. The van der Waals surface area contributed by atoms with Crippen molar-refractivity contribution in [3.8, 4) is 0 Å². The zero-order valence-corrected chi connectivity index (χ0v) is 25.4. The smallest absolute Gasteiger partial charge is 0.407 e. The summed E-state index contributed by atoms with van der Waals surface area (Å²) in [5, 5.41) is 19.2. The quantitative estimate of drug-likeness (QED) is 0.178. The number of nitrogens with one attached hydrogen (secondary N) is 3. The van der Waals surface area contributed by atoms with Gasteiger partial charge >= 0.3 is 12.1 Å². The molecule has 0 unspecified atom stereocenters. The van der Waals surface area contributed by atoms with Gasteiger partial charge in [0.2, 0.25) is 11.8 Å². The Hall–Kier alpha value is -3.21. The lowest BCUT2D eigenvalue weighted by molar-refractivity contribution is -0.141. The largest absolute Gasteiger partial charge is 0.469 e. The first-order valence-corrected chi connectivity index (χ1v) is 14.9. The van der Waals surface area contributed by atoms with Gasteiger partial charge in [0.15, 0.2) is 0 Å². The van der Waals surface area contributed by atoms with Crippen molar-refractivity contribution >= 4 is 23.9 Å². The van der Waals surface area contributed by atoms with Crippen LogP contribution in [0.25, 0.3) is 0 Å². The molecule has 1 aromatic carbocycles. The van der Waals surface area contributed by atoms with Gasteiger partial charge in [0.25, 0.3) is 0 Å². The maximum absolute atomic E-state index is 13.1. The number of ether oxygens (including phenoxy) is 2. The Morgan fingerprint density at radius 1 is 1.05 bits per heavy atom. The minimum absolute atomic E-state index is 0.0139. The Balaban J connectivity index is 1.98. The lowest BCUT2D eigenvalue weighted by atomic mass is 9.83. The number of carbonyl (C=O) groups excluding carboxylic acids is 4. The van der Waals surface area contributed by atoms with Crippen LogP contribution in [0.1, 0.15) is 90.5 Å². The standard InChI is InChI=1S/C31H48FN3O7/c1-31(2,3)42-30(40)35-25(19-22-9-6-5-7-10-22)26(36)20-27(37)34-24(16-17-28(38)41-4)29(39)33-18-8-11-21-12-14-23(32)15-13-21/h12-15,22,24-26,36H,5-11,16-20H2,1-4H3,(H,33,39)(H,34,37)(H,35,40)/t24-,25-,26-/m0/s1. The van der Waals surface area contributed by atoms with Crippen molar-refractivity contribution in [1.29, 1.82) is 0 Å². The molecule has 3 amide bonds. The van der Waals surface area contributed by atoms with Crippen LogP contribution in [0.2, 0.25) is 0 Å². The Labute approximate surface area is 248 Å². The summed E-state index contributed by atoms with van der Waals surface area (Å²) in [5.74, 6) is -1.58. The first kappa shape index (κ1) is 35.0. The third-order valence-electron chi connectivity index (χ3n) is 7.24. The van der Waals surface area contributed by atoms with Crippen LogP contribution in [0.15, 0.2) is 24.3 Å². The number of aryl methyl sites for hydroxylation is 1. The number of methoxy groups -OCH3 is 1. The predicted molar refractivity (Wildman–Crippen MR) is 156 cm³/mol. The minimum Gasteiger partial charge on any atom is -0.469 e. The van der Waals surface area contributed by atoms with Crippen molar-refractivity contribution in [1.82, 2.24) is 16.0 Å². The number of halogens is 1. The molecule has 2 rings (SSSR count). The van der Waals surface area contributed by atoms with E-state index in [0.717, 1.165) is 37.7 Å². The van der Waals surface area contributed by atoms with Gasteiger partial charge in [0, 0.05) is 13.0 Å². The Bertz CT molecular complexity index is 1010. The molecule has 10 nitrogen and oxygen atoms in total. The first-order valence-electron chi connectivity index (χ1n) is 14.9. The maximum Gasteiger partial charge on any atom is 0.407 e. The summed E-state index contributed by atoms with van der Waals surface area (Å²) in [7, 11) is 1.24. The summed E-state index contributed by atoms with van der Waals surface area (Å²) < 4.78 is 23.2. The molecule has 0 heterocycles. The summed E-state index contributed by atoms with van der Waals surface area (Å²) in [5.41, 5.74) is 0.207. The van der Waals surface area contributed by atoms with Crippen LogP contribution in [0.3, 0.4) is 0 Å². The van der Waals surface area contributed by atoms with Gasteiger partial charge in [-0.25, -0.2) is 9.18 Å². The maximum atomic E-state index is 13.1. The summed E-state index contributed by atoms with van der Waals surface area (Å²) in [4.78, 5) is 50.2. The predicted octanol–water partition coefficient (Wildman–Crippen LogP) is 3.93. The molecule has 3 atom stereocenters. The number of amides is 3. The van der Waals surface area contributed by atoms with Gasteiger partial charge in [-0.15, -0.1) is 0 Å². The topological polar surface area (TPSA) is 143 Å². The van der Waals surface area contributed by atoms with Gasteiger partial charge in [-0.05, 0) is 70.1 Å². The van der Waals surface area contributed by atoms with E-state index in [0.29, 0.717) is 31.7 Å². The van der Waals surface area contributed by atoms with E-state index in [1.54, 1.807) is 32.9 Å². The second kappa shape index (κ2) is 17.7. The summed E-state index contributed by atoms with van der Waals surface area (Å²) >= 11 is 0. The molecule has 1 aromatic rings. The number of benzene rings is 1. The van der Waals surface area contributed by atoms with E-state index in [1.165, 1.54) is 19.2 Å². The second-order valence-electron chi connectivity index (χ2n) is 12.0. The normalized spacial score (nSPS) is 16.0. The van der Waals surface area contributed by atoms with Crippen molar-refractivity contribution in [2.24, 2.45) is 5.92 Å². The monoisotopic (exact) mass is 593 g/mol. The number of carbonyl (C=O) groups is 4. The van der Waals surface area contributed by atoms with Gasteiger partial charge in [0.05, 0.1) is 25.7 Å². The highest BCUT2D eigenvalue weighted by molar-refractivity contribution is 5.88. The summed E-state index contributed by atoms with van der Waals surface area (Å²) in [6.45, 7) is 5.55. The Kier molecular flexibility index (Phi) is 14.7. The Morgan fingerprint density at radius 2 is 1.71 bits per heavy atom. The molecule has 1 aliphatic carbocycles. The van der Waals surface area contributed by atoms with Crippen LogP contribution in [0.5, 0.6) is 0 Å². The zero-order chi connectivity index (χ0) is 31.1. The molecule has 1 saturated carbocycles. The van der Waals surface area contributed by atoms with E-state index in [1.807, 2.05) is 0 Å². The van der Waals surface area contributed by atoms with Crippen LogP contribution in [-0.4, -0.2) is 66.4 Å². The summed E-state index contributed by atoms with van der Waals surface area (Å²) in [6, 6.07) is 4.39. The number of aliphatic hydroxyl groups is 1. The molecule has 1 fully saturated rings. The van der Waals surface area contributed by atoms with E-state index in [9.17, 15) is 28.7 Å². The van der Waals surface area contributed by atoms with Crippen LogP contribution in [0, 0.1) is 11.7 Å². The molecule has 0 radical (unpaired) electrons. The third-order valence-corrected chi connectivity index (χ3v) is 7.24. The Morgan fingerprint density at radius 3 is 2.33 bits per heavy atom. The SMILES string of the molecule is COC(=O)CC[C@H](NC(=O)C[C@H](O)[C@H](CC1CCCCC1)NC(=O)OC(C)(C)C)C(=O)NCCCc1ccc(F)cc1. The molecule has 4 N–H and O–H groups in total. The van der Waals surface area contributed by atoms with E-state index in [-0.39, 0.29) is 25.1 Å². The van der Waals surface area contributed by atoms with Gasteiger partial charge in [-0.2, -0.15) is 0 Å². The van der Waals surface area contributed by atoms with Crippen molar-refractivity contribution in [3.05, 3.63) is 35.6 Å². The highest BCUT2D eigenvalue weighted by Crippen LogP contribution is 2.28. The number of hydrogen-bond donors (Lipinski definition) is 4. The van der Waals surface area contributed by atoms with Crippen LogP contribution in [0.4, 0.5) is 9.18 Å². The van der Waals surface area contributed by atoms with Gasteiger partial charge < -0.3 is 30.5 Å². The lowest BCUT2D eigenvalue weighted by Gasteiger charge is -2.31. The number of esters is 1. The van der Waals surface area contributed by atoms with E-state index in [2.05, 4.69) is 20.7 Å². The van der Waals surface area contributed by atoms with E-state index in [4.69, 9.17) is 4.74 Å². The highest BCUT2D eigenvalue weighted by Gasteiger charge is 2.30. The lowest BCUT2D eigenvalue weighted by Crippen LogP contribution is -2.51. The average molecular weight is 594 g/mol. The number of rotatable bonds is 15. The van der Waals surface area contributed by atoms with Crippen LogP contribution in [-0.2, 0) is 30.3 Å². The van der Waals surface area contributed by atoms with Crippen molar-refractivity contribution in [2.75, 3.05) is 13.7 Å². The fourth-order valence-corrected chi connectivity index (χ4v) is 5.05. The molecule has 42 heavy (non-hydrogen) atoms. The fraction of sp³-hybridized carbons (Fsp3) is 0.677. The summed E-state index contributed by atoms with van der Waals surface area (Å²) in [6.07, 6.45) is 4.73. The molecule has 11 heteroatoms. The first-order chi connectivity index (χ1) is 19.9. The van der Waals surface area contributed by atoms with Gasteiger partial charge in [-0.3, -0.25) is 14.4 Å². The van der Waals surface area contributed by atoms with Crippen molar-refractivity contribution in [3.63, 3.8) is 0 Å². The molecule has 0 saturated heterocycles. The molecular formula is C31H48FN3O7. The molecule has 236 valence electrons. The van der Waals surface area contributed by atoms with Crippen LogP contribution < -0.4 is 16.0 Å². The second-order valence-corrected chi connectivity index (χ2v) is 12.0. The van der Waals surface area contributed by atoms with E-state index >= 15 is 0 Å². The molecule has 0 bridgehead atoms. The number of hydrogen-bond acceptors (Lipinski definition) is 7. The van der Waals surface area contributed by atoms with E-state index < -0.39 is 47.7 Å². The van der Waals surface area contributed by atoms with Gasteiger partial charge in [0.1, 0.15) is 17.5 Å². The average Bonchev–Trinajstić information content (AvgIpc) is 2.93. The van der Waals surface area contributed by atoms with Gasteiger partial charge in [-0.1, -0.05) is 44.2 Å². The molecule has 0 aliphatic heterocycles. The molecule has 1 aliphatic rings. The number of aliphatic hydroxyl groups excluding tert-OH is 1. The fourth-order valence-electron chi connectivity index (χ4n) is 5.05. The zero-order valence-electron chi connectivity index (χ0n) is 25.4. The van der Waals surface area contributed by atoms with Crippen LogP contribution >= 0.6 is 0 Å². The highest BCUT2D eigenvalue weighted by atomic mass is 19.1. The number of alkyl carbamates (subject to hydrolysis) is 1. The molecule has 0 aromatic heterocycles.